The van der Waals surface area contributed by atoms with Crippen LogP contribution in [0.3, 0.4) is 0 Å². The summed E-state index contributed by atoms with van der Waals surface area (Å²) in [7, 11) is 0. The van der Waals surface area contributed by atoms with Gasteiger partial charge >= 0.3 is 0 Å². The highest BCUT2D eigenvalue weighted by atomic mass is 16.4. The van der Waals surface area contributed by atoms with Gasteiger partial charge in [0.25, 0.3) is 0 Å². The molecular formula is C15H14O3. The number of hydrogen-bond donors (Lipinski definition) is 1. The largest absolute Gasteiger partial charge is 0.472 e. The predicted molar refractivity (Wildman–Crippen MR) is 68.3 cm³/mol. The number of fused-ring (bicyclic) bond motifs is 1. The number of benzene rings is 1. The van der Waals surface area contributed by atoms with Crippen LogP contribution in [0, 0.1) is 6.92 Å². The molecule has 0 fully saturated rings. The van der Waals surface area contributed by atoms with Gasteiger partial charge in [0.1, 0.15) is 17.4 Å². The summed E-state index contributed by atoms with van der Waals surface area (Å²) in [5.74, 6) is 0.594. The van der Waals surface area contributed by atoms with Crippen LogP contribution in [0.2, 0.25) is 0 Å². The third kappa shape index (κ3) is 2.05. The lowest BCUT2D eigenvalue weighted by Gasteiger charge is -2.04. The summed E-state index contributed by atoms with van der Waals surface area (Å²) >= 11 is 0. The van der Waals surface area contributed by atoms with Gasteiger partial charge in [-0.25, -0.2) is 0 Å². The molecule has 18 heavy (non-hydrogen) atoms. The molecule has 0 radical (unpaired) electrons. The zero-order valence-electron chi connectivity index (χ0n) is 10.1. The van der Waals surface area contributed by atoms with Crippen LogP contribution in [0.5, 0.6) is 0 Å². The molecule has 0 amide bonds. The number of hydrogen-bond acceptors (Lipinski definition) is 3. The minimum absolute atomic E-state index is 0.495. The Morgan fingerprint density at radius 2 is 2.11 bits per heavy atom. The van der Waals surface area contributed by atoms with Crippen molar-refractivity contribution < 1.29 is 13.9 Å². The van der Waals surface area contributed by atoms with E-state index in [1.807, 2.05) is 37.3 Å². The standard InChI is InChI=1S/C15H14O3/c1-10-2-3-14-12(6-10)8-15(18-14)13(16)7-11-4-5-17-9-11/h2-6,8-9,13,16H,7H2,1H3. The minimum atomic E-state index is -0.643. The van der Waals surface area contributed by atoms with Gasteiger partial charge in [-0.05, 0) is 36.8 Å². The van der Waals surface area contributed by atoms with E-state index in [-0.39, 0.29) is 0 Å². The first-order chi connectivity index (χ1) is 8.72. The topological polar surface area (TPSA) is 46.5 Å². The Hall–Kier alpha value is -2.00. The van der Waals surface area contributed by atoms with Gasteiger partial charge in [0.2, 0.25) is 0 Å². The second-order valence-electron chi connectivity index (χ2n) is 4.54. The van der Waals surface area contributed by atoms with E-state index in [9.17, 15) is 5.11 Å². The summed E-state index contributed by atoms with van der Waals surface area (Å²) in [6.45, 7) is 2.04. The smallest absolute Gasteiger partial charge is 0.134 e. The van der Waals surface area contributed by atoms with E-state index >= 15 is 0 Å². The maximum atomic E-state index is 10.1. The first-order valence-electron chi connectivity index (χ1n) is 5.91. The Balaban J connectivity index is 1.89. The lowest BCUT2D eigenvalue weighted by Crippen LogP contribution is -1.98. The van der Waals surface area contributed by atoms with Gasteiger partial charge in [-0.2, -0.15) is 0 Å². The molecule has 0 saturated heterocycles. The average molecular weight is 242 g/mol. The normalized spacial score (nSPS) is 13.0. The number of aryl methyl sites for hydroxylation is 1. The first-order valence-corrected chi connectivity index (χ1v) is 5.91. The van der Waals surface area contributed by atoms with Crippen LogP contribution < -0.4 is 0 Å². The minimum Gasteiger partial charge on any atom is -0.472 e. The predicted octanol–water partition coefficient (Wildman–Crippen LogP) is 3.61. The molecule has 0 aliphatic heterocycles. The molecule has 1 aromatic carbocycles. The van der Waals surface area contributed by atoms with Gasteiger partial charge < -0.3 is 13.9 Å². The second kappa shape index (κ2) is 4.35. The van der Waals surface area contributed by atoms with E-state index in [1.165, 1.54) is 5.56 Å². The summed E-state index contributed by atoms with van der Waals surface area (Å²) < 4.78 is 10.6. The van der Waals surface area contributed by atoms with Crippen molar-refractivity contribution in [1.82, 2.24) is 0 Å². The molecular weight excluding hydrogens is 228 g/mol. The molecule has 0 aliphatic rings. The fraction of sp³-hybridized carbons (Fsp3) is 0.200. The van der Waals surface area contributed by atoms with Crippen LogP contribution in [0.15, 0.2) is 51.7 Å². The zero-order chi connectivity index (χ0) is 12.5. The Bertz CT molecular complexity index is 649. The van der Waals surface area contributed by atoms with Gasteiger partial charge in [0, 0.05) is 11.8 Å². The summed E-state index contributed by atoms with van der Waals surface area (Å²) in [6, 6.07) is 9.72. The second-order valence-corrected chi connectivity index (χ2v) is 4.54. The highest BCUT2D eigenvalue weighted by Crippen LogP contribution is 2.26. The van der Waals surface area contributed by atoms with Crippen molar-refractivity contribution in [3.63, 3.8) is 0 Å². The van der Waals surface area contributed by atoms with Crippen LogP contribution in [-0.2, 0) is 6.42 Å². The van der Waals surface area contributed by atoms with Gasteiger partial charge in [-0.15, -0.1) is 0 Å². The quantitative estimate of drug-likeness (QED) is 0.763. The Morgan fingerprint density at radius 1 is 1.22 bits per heavy atom. The third-order valence-electron chi connectivity index (χ3n) is 3.03. The summed E-state index contributed by atoms with van der Waals surface area (Å²) in [6.07, 6.45) is 3.09. The van der Waals surface area contributed by atoms with Crippen molar-refractivity contribution in [2.45, 2.75) is 19.4 Å². The van der Waals surface area contributed by atoms with E-state index in [2.05, 4.69) is 0 Å². The van der Waals surface area contributed by atoms with Gasteiger partial charge in [-0.1, -0.05) is 11.6 Å². The lowest BCUT2D eigenvalue weighted by atomic mass is 10.1. The third-order valence-corrected chi connectivity index (χ3v) is 3.03. The SMILES string of the molecule is Cc1ccc2oc(C(O)Cc3ccoc3)cc2c1. The van der Waals surface area contributed by atoms with Crippen molar-refractivity contribution in [1.29, 1.82) is 0 Å². The van der Waals surface area contributed by atoms with Crippen LogP contribution in [-0.4, -0.2) is 5.11 Å². The monoisotopic (exact) mass is 242 g/mol. The van der Waals surface area contributed by atoms with Crippen molar-refractivity contribution in [3.05, 3.63) is 59.7 Å². The van der Waals surface area contributed by atoms with Crippen molar-refractivity contribution in [3.8, 4) is 0 Å². The van der Waals surface area contributed by atoms with Crippen molar-refractivity contribution in [2.24, 2.45) is 0 Å². The average Bonchev–Trinajstić information content (AvgIpc) is 2.96. The molecule has 0 saturated carbocycles. The molecule has 0 spiro atoms. The highest BCUT2D eigenvalue weighted by molar-refractivity contribution is 5.78. The van der Waals surface area contributed by atoms with Gasteiger partial charge in [0.15, 0.2) is 0 Å². The first kappa shape index (κ1) is 11.1. The molecule has 92 valence electrons. The molecule has 1 N–H and O–H groups in total. The fourth-order valence-electron chi connectivity index (χ4n) is 2.08. The molecule has 2 aromatic heterocycles. The lowest BCUT2D eigenvalue weighted by molar-refractivity contribution is 0.152. The molecule has 1 unspecified atom stereocenters. The fourth-order valence-corrected chi connectivity index (χ4v) is 2.08. The number of aliphatic hydroxyl groups excluding tert-OH is 1. The molecule has 3 heteroatoms. The molecule has 1 atom stereocenters. The Morgan fingerprint density at radius 3 is 2.89 bits per heavy atom. The molecule has 3 nitrogen and oxygen atoms in total. The summed E-state index contributed by atoms with van der Waals surface area (Å²) in [5.41, 5.74) is 2.94. The molecule has 3 aromatic rings. The van der Waals surface area contributed by atoms with E-state index in [0.717, 1.165) is 16.5 Å². The number of aliphatic hydroxyl groups is 1. The Labute approximate surface area is 105 Å². The van der Waals surface area contributed by atoms with E-state index in [1.54, 1.807) is 12.5 Å². The summed E-state index contributed by atoms with van der Waals surface area (Å²) in [4.78, 5) is 0. The number of rotatable bonds is 3. The van der Waals surface area contributed by atoms with Gasteiger partial charge in [-0.3, -0.25) is 0 Å². The van der Waals surface area contributed by atoms with Crippen LogP contribution >= 0.6 is 0 Å². The molecule has 3 rings (SSSR count). The van der Waals surface area contributed by atoms with E-state index in [4.69, 9.17) is 8.83 Å². The number of furan rings is 2. The van der Waals surface area contributed by atoms with Crippen molar-refractivity contribution >= 4 is 11.0 Å². The maximum Gasteiger partial charge on any atom is 0.134 e. The van der Waals surface area contributed by atoms with Crippen LogP contribution in [0.4, 0.5) is 0 Å². The molecule has 2 heterocycles. The molecule has 0 aliphatic carbocycles. The van der Waals surface area contributed by atoms with Gasteiger partial charge in [0.05, 0.1) is 12.5 Å². The van der Waals surface area contributed by atoms with Crippen LogP contribution in [0.1, 0.15) is 23.0 Å². The van der Waals surface area contributed by atoms with Crippen LogP contribution in [0.25, 0.3) is 11.0 Å². The van der Waals surface area contributed by atoms with E-state index in [0.29, 0.717) is 12.2 Å². The highest BCUT2D eigenvalue weighted by Gasteiger charge is 2.14. The van der Waals surface area contributed by atoms with E-state index < -0.39 is 6.10 Å². The maximum absolute atomic E-state index is 10.1. The molecule has 0 bridgehead atoms. The zero-order valence-corrected chi connectivity index (χ0v) is 10.1. The Kier molecular flexibility index (Phi) is 2.68. The summed E-state index contributed by atoms with van der Waals surface area (Å²) in [5, 5.41) is 11.2. The van der Waals surface area contributed by atoms with Crippen molar-refractivity contribution in [2.75, 3.05) is 0 Å².